The van der Waals surface area contributed by atoms with Gasteiger partial charge in [0.15, 0.2) is 0 Å². The number of carboxylic acids is 1. The standard InChI is InChI=1S/C14H23NO3/c16-13(17)8-11-2-6-15(10-11)12-3-7-18-14(9-12)4-1-5-14/h11-12H,1-10H2,(H,16,17). The summed E-state index contributed by atoms with van der Waals surface area (Å²) in [5.74, 6) is -0.285. The molecule has 0 bridgehead atoms. The van der Waals surface area contributed by atoms with Crippen molar-refractivity contribution in [1.82, 2.24) is 4.90 Å². The van der Waals surface area contributed by atoms with Crippen LogP contribution in [0.2, 0.25) is 0 Å². The van der Waals surface area contributed by atoms with Crippen molar-refractivity contribution >= 4 is 5.97 Å². The van der Waals surface area contributed by atoms with Crippen molar-refractivity contribution < 1.29 is 14.6 Å². The Balaban J connectivity index is 1.54. The third kappa shape index (κ3) is 2.41. The summed E-state index contributed by atoms with van der Waals surface area (Å²) in [4.78, 5) is 13.3. The second-order valence-electron chi connectivity index (χ2n) is 6.28. The van der Waals surface area contributed by atoms with E-state index < -0.39 is 5.97 Å². The van der Waals surface area contributed by atoms with Crippen molar-refractivity contribution in [2.75, 3.05) is 19.7 Å². The van der Waals surface area contributed by atoms with Crippen LogP contribution >= 0.6 is 0 Å². The number of nitrogens with zero attached hydrogens (tertiary/aromatic N) is 1. The molecule has 3 fully saturated rings. The second-order valence-corrected chi connectivity index (χ2v) is 6.28. The number of likely N-dealkylation sites (tertiary alicyclic amines) is 1. The van der Waals surface area contributed by atoms with Crippen LogP contribution in [0.1, 0.15) is 44.9 Å². The molecule has 3 aliphatic rings. The van der Waals surface area contributed by atoms with Crippen LogP contribution in [0.25, 0.3) is 0 Å². The molecule has 1 saturated carbocycles. The maximum absolute atomic E-state index is 10.8. The molecular weight excluding hydrogens is 230 g/mol. The lowest BCUT2D eigenvalue weighted by Crippen LogP contribution is -2.51. The molecular formula is C14H23NO3. The zero-order valence-electron chi connectivity index (χ0n) is 10.9. The van der Waals surface area contributed by atoms with Crippen LogP contribution in [0.5, 0.6) is 0 Å². The number of hydrogen-bond donors (Lipinski definition) is 1. The zero-order chi connectivity index (χ0) is 12.6. The molecule has 4 nitrogen and oxygen atoms in total. The lowest BCUT2D eigenvalue weighted by atomic mass is 9.73. The van der Waals surface area contributed by atoms with Crippen molar-refractivity contribution in [2.45, 2.75) is 56.6 Å². The predicted molar refractivity (Wildman–Crippen MR) is 67.5 cm³/mol. The van der Waals surface area contributed by atoms with Gasteiger partial charge >= 0.3 is 5.97 Å². The van der Waals surface area contributed by atoms with E-state index in [9.17, 15) is 4.79 Å². The molecule has 1 aliphatic carbocycles. The van der Waals surface area contributed by atoms with Crippen molar-refractivity contribution in [1.29, 1.82) is 0 Å². The van der Waals surface area contributed by atoms with Gasteiger partial charge in [0, 0.05) is 25.6 Å². The van der Waals surface area contributed by atoms with E-state index in [0.717, 1.165) is 32.5 Å². The lowest BCUT2D eigenvalue weighted by Gasteiger charge is -2.49. The summed E-state index contributed by atoms with van der Waals surface area (Å²) in [6.45, 7) is 2.95. The summed E-state index contributed by atoms with van der Waals surface area (Å²) < 4.78 is 5.96. The van der Waals surface area contributed by atoms with E-state index in [1.807, 2.05) is 0 Å². The van der Waals surface area contributed by atoms with Crippen molar-refractivity contribution in [3.8, 4) is 0 Å². The molecule has 18 heavy (non-hydrogen) atoms. The van der Waals surface area contributed by atoms with Gasteiger partial charge in [-0.05, 0) is 51.0 Å². The molecule has 3 rings (SSSR count). The molecule has 0 aromatic rings. The molecule has 2 heterocycles. The summed E-state index contributed by atoms with van der Waals surface area (Å²) in [5.41, 5.74) is 0.202. The average Bonchev–Trinajstić information content (AvgIpc) is 2.75. The number of carbonyl (C=O) groups is 1. The van der Waals surface area contributed by atoms with Crippen LogP contribution in [-0.2, 0) is 9.53 Å². The highest BCUT2D eigenvalue weighted by Gasteiger charge is 2.44. The maximum atomic E-state index is 10.8. The first-order chi connectivity index (χ1) is 8.67. The smallest absolute Gasteiger partial charge is 0.303 e. The van der Waals surface area contributed by atoms with E-state index in [1.54, 1.807) is 0 Å². The van der Waals surface area contributed by atoms with Gasteiger partial charge in [0.05, 0.1) is 5.60 Å². The van der Waals surface area contributed by atoms with Gasteiger partial charge in [-0.3, -0.25) is 9.69 Å². The molecule has 2 aliphatic heterocycles. The van der Waals surface area contributed by atoms with Crippen molar-refractivity contribution in [2.24, 2.45) is 5.92 Å². The number of carboxylic acid groups (broad SMARTS) is 1. The largest absolute Gasteiger partial charge is 0.481 e. The van der Waals surface area contributed by atoms with Crippen molar-refractivity contribution in [3.05, 3.63) is 0 Å². The summed E-state index contributed by atoms with van der Waals surface area (Å²) in [6, 6.07) is 0.637. The number of ether oxygens (including phenoxy) is 1. The molecule has 2 unspecified atom stereocenters. The molecule has 1 N–H and O–H groups in total. The molecule has 2 atom stereocenters. The molecule has 4 heteroatoms. The minimum atomic E-state index is -0.649. The van der Waals surface area contributed by atoms with Crippen LogP contribution in [0, 0.1) is 5.92 Å². The molecule has 2 saturated heterocycles. The van der Waals surface area contributed by atoms with Gasteiger partial charge in [-0.1, -0.05) is 0 Å². The Hall–Kier alpha value is -0.610. The van der Waals surface area contributed by atoms with Crippen LogP contribution in [0.4, 0.5) is 0 Å². The third-order valence-corrected chi connectivity index (χ3v) is 5.03. The van der Waals surface area contributed by atoms with Crippen LogP contribution < -0.4 is 0 Å². The van der Waals surface area contributed by atoms with Gasteiger partial charge in [-0.25, -0.2) is 0 Å². The first-order valence-corrected chi connectivity index (χ1v) is 7.27. The minimum absolute atomic E-state index is 0.202. The highest BCUT2D eigenvalue weighted by Crippen LogP contribution is 2.44. The highest BCUT2D eigenvalue weighted by atomic mass is 16.5. The Kier molecular flexibility index (Phi) is 3.32. The minimum Gasteiger partial charge on any atom is -0.481 e. The SMILES string of the molecule is O=C(O)CC1CCN(C2CCOC3(CCC3)C2)C1. The summed E-state index contributed by atoms with van der Waals surface area (Å²) in [5, 5.41) is 8.86. The second kappa shape index (κ2) is 4.82. The van der Waals surface area contributed by atoms with Crippen molar-refractivity contribution in [3.63, 3.8) is 0 Å². The number of rotatable bonds is 3. The van der Waals surface area contributed by atoms with Gasteiger partial charge in [0.1, 0.15) is 0 Å². The maximum Gasteiger partial charge on any atom is 0.303 e. The fourth-order valence-corrected chi connectivity index (χ4v) is 3.84. The van der Waals surface area contributed by atoms with E-state index in [-0.39, 0.29) is 5.60 Å². The van der Waals surface area contributed by atoms with E-state index in [0.29, 0.717) is 18.4 Å². The monoisotopic (exact) mass is 253 g/mol. The normalized spacial score (nSPS) is 35.6. The van der Waals surface area contributed by atoms with Gasteiger partial charge in [0.25, 0.3) is 0 Å². The molecule has 102 valence electrons. The van der Waals surface area contributed by atoms with E-state index in [1.165, 1.54) is 25.7 Å². The van der Waals surface area contributed by atoms with Gasteiger partial charge in [0.2, 0.25) is 0 Å². The Labute approximate surface area is 108 Å². The molecule has 0 aromatic heterocycles. The lowest BCUT2D eigenvalue weighted by molar-refractivity contribution is -0.147. The number of hydrogen-bond acceptors (Lipinski definition) is 3. The van der Waals surface area contributed by atoms with E-state index in [4.69, 9.17) is 9.84 Å². The topological polar surface area (TPSA) is 49.8 Å². The Morgan fingerprint density at radius 2 is 2.22 bits per heavy atom. The molecule has 1 spiro atoms. The molecule has 0 amide bonds. The average molecular weight is 253 g/mol. The van der Waals surface area contributed by atoms with Crippen LogP contribution in [0.3, 0.4) is 0 Å². The summed E-state index contributed by atoms with van der Waals surface area (Å²) in [6.07, 6.45) is 7.47. The zero-order valence-corrected chi connectivity index (χ0v) is 10.9. The highest BCUT2D eigenvalue weighted by molar-refractivity contribution is 5.67. The first-order valence-electron chi connectivity index (χ1n) is 7.27. The molecule has 0 aromatic carbocycles. The Bertz CT molecular complexity index is 327. The number of aliphatic carboxylic acids is 1. The van der Waals surface area contributed by atoms with Gasteiger partial charge < -0.3 is 9.84 Å². The fraction of sp³-hybridized carbons (Fsp3) is 0.929. The Morgan fingerprint density at radius 3 is 2.89 bits per heavy atom. The quantitative estimate of drug-likeness (QED) is 0.834. The van der Waals surface area contributed by atoms with Crippen LogP contribution in [-0.4, -0.2) is 47.3 Å². The van der Waals surface area contributed by atoms with Crippen LogP contribution in [0.15, 0.2) is 0 Å². The van der Waals surface area contributed by atoms with Gasteiger partial charge in [-0.2, -0.15) is 0 Å². The molecule has 0 radical (unpaired) electrons. The van der Waals surface area contributed by atoms with Gasteiger partial charge in [-0.15, -0.1) is 0 Å². The predicted octanol–water partition coefficient (Wildman–Crippen LogP) is 1.88. The summed E-state index contributed by atoms with van der Waals surface area (Å²) in [7, 11) is 0. The third-order valence-electron chi connectivity index (χ3n) is 5.03. The summed E-state index contributed by atoms with van der Waals surface area (Å²) >= 11 is 0. The first kappa shape index (κ1) is 12.4. The van der Waals surface area contributed by atoms with E-state index >= 15 is 0 Å². The fourth-order valence-electron chi connectivity index (χ4n) is 3.84. The van der Waals surface area contributed by atoms with E-state index in [2.05, 4.69) is 4.90 Å². The Morgan fingerprint density at radius 1 is 1.39 bits per heavy atom.